The van der Waals surface area contributed by atoms with Crippen LogP contribution in [0.25, 0.3) is 10.1 Å². The largest absolute Gasteiger partial charge is 0.397 e. The zero-order valence-electron chi connectivity index (χ0n) is 11.3. The van der Waals surface area contributed by atoms with Crippen LogP contribution in [0.5, 0.6) is 0 Å². The molecule has 0 fully saturated rings. The van der Waals surface area contributed by atoms with Crippen LogP contribution in [0.1, 0.15) is 15.4 Å². The molecule has 0 aliphatic heterocycles. The zero-order chi connectivity index (χ0) is 15.0. The third-order valence-electron chi connectivity index (χ3n) is 3.26. The molecule has 0 radical (unpaired) electrons. The maximum atomic E-state index is 12.3. The fourth-order valence-corrected chi connectivity index (χ4v) is 3.90. The van der Waals surface area contributed by atoms with Crippen molar-refractivity contribution in [3.63, 3.8) is 0 Å². The van der Waals surface area contributed by atoms with Gasteiger partial charge in [-0.05, 0) is 18.2 Å². The fraction of sp³-hybridized carbons (Fsp3) is 0.143. The van der Waals surface area contributed by atoms with Crippen molar-refractivity contribution < 1.29 is 4.79 Å². The lowest BCUT2D eigenvalue weighted by molar-refractivity contribution is 0.0955. The molecule has 0 aliphatic carbocycles. The van der Waals surface area contributed by atoms with Gasteiger partial charge in [-0.25, -0.2) is 0 Å². The highest BCUT2D eigenvalue weighted by molar-refractivity contribution is 9.10. The highest BCUT2D eigenvalue weighted by Crippen LogP contribution is 2.38. The summed E-state index contributed by atoms with van der Waals surface area (Å²) >= 11 is 4.87. The summed E-state index contributed by atoms with van der Waals surface area (Å²) in [4.78, 5) is 12.9. The Bertz CT molecular complexity index is 824. The molecule has 0 spiro atoms. The smallest absolute Gasteiger partial charge is 0.263 e. The number of anilines is 1. The zero-order valence-corrected chi connectivity index (χ0v) is 13.7. The van der Waals surface area contributed by atoms with Crippen molar-refractivity contribution in [1.82, 2.24) is 15.1 Å². The van der Waals surface area contributed by atoms with E-state index in [2.05, 4.69) is 26.3 Å². The monoisotopic (exact) mass is 364 g/mol. The first-order valence-corrected chi connectivity index (χ1v) is 7.90. The Balaban J connectivity index is 1.87. The summed E-state index contributed by atoms with van der Waals surface area (Å²) in [5.41, 5.74) is 7.57. The molecule has 0 saturated heterocycles. The highest BCUT2D eigenvalue weighted by Gasteiger charge is 2.17. The van der Waals surface area contributed by atoms with Gasteiger partial charge in [0, 0.05) is 27.8 Å². The number of hydrogen-bond acceptors (Lipinski definition) is 4. The van der Waals surface area contributed by atoms with E-state index in [1.807, 2.05) is 31.3 Å². The highest BCUT2D eigenvalue weighted by atomic mass is 79.9. The van der Waals surface area contributed by atoms with Crippen LogP contribution in [0.15, 0.2) is 34.9 Å². The number of aryl methyl sites for hydroxylation is 1. The molecule has 0 atom stereocenters. The van der Waals surface area contributed by atoms with Crippen LogP contribution < -0.4 is 11.1 Å². The number of hydrogen-bond donors (Lipinski definition) is 2. The Hall–Kier alpha value is -1.86. The number of nitrogens with one attached hydrogen (secondary N) is 1. The minimum absolute atomic E-state index is 0.165. The number of carbonyl (C=O) groups excluding carboxylic acids is 1. The van der Waals surface area contributed by atoms with E-state index in [4.69, 9.17) is 5.73 Å². The second kappa shape index (κ2) is 5.50. The van der Waals surface area contributed by atoms with Gasteiger partial charge in [-0.1, -0.05) is 22.0 Å². The molecule has 0 saturated carbocycles. The Kier molecular flexibility index (Phi) is 3.69. The molecule has 2 aromatic heterocycles. The number of thiophene rings is 1. The first-order chi connectivity index (χ1) is 10.1. The number of amides is 1. The molecular formula is C14H13BrN4OS. The van der Waals surface area contributed by atoms with Crippen LogP contribution in [-0.4, -0.2) is 15.7 Å². The van der Waals surface area contributed by atoms with E-state index in [9.17, 15) is 4.79 Å². The maximum absolute atomic E-state index is 12.3. The summed E-state index contributed by atoms with van der Waals surface area (Å²) in [5, 5.41) is 7.84. The predicted molar refractivity (Wildman–Crippen MR) is 88.3 cm³/mol. The molecule has 0 unspecified atom stereocenters. The third-order valence-corrected chi connectivity index (χ3v) is 5.09. The summed E-state index contributed by atoms with van der Waals surface area (Å²) in [5.74, 6) is -0.165. The number of nitrogens with two attached hydrogens (primary N) is 1. The molecule has 3 aromatic rings. The van der Waals surface area contributed by atoms with Crippen molar-refractivity contribution in [2.24, 2.45) is 7.05 Å². The number of nitrogen functional groups attached to an aromatic ring is 1. The van der Waals surface area contributed by atoms with Gasteiger partial charge in [-0.3, -0.25) is 9.48 Å². The number of rotatable bonds is 3. The molecule has 0 aliphatic rings. The number of benzene rings is 1. The van der Waals surface area contributed by atoms with E-state index in [-0.39, 0.29) is 5.91 Å². The van der Waals surface area contributed by atoms with Crippen molar-refractivity contribution >= 4 is 48.9 Å². The van der Waals surface area contributed by atoms with Gasteiger partial charge < -0.3 is 11.1 Å². The van der Waals surface area contributed by atoms with Gasteiger partial charge in [0.2, 0.25) is 0 Å². The van der Waals surface area contributed by atoms with Crippen molar-refractivity contribution in [2.75, 3.05) is 5.73 Å². The van der Waals surface area contributed by atoms with Gasteiger partial charge >= 0.3 is 0 Å². The van der Waals surface area contributed by atoms with Crippen molar-refractivity contribution in [1.29, 1.82) is 0 Å². The van der Waals surface area contributed by atoms with E-state index in [0.29, 0.717) is 17.1 Å². The van der Waals surface area contributed by atoms with E-state index in [1.54, 1.807) is 10.9 Å². The number of fused-ring (bicyclic) bond motifs is 1. The maximum Gasteiger partial charge on any atom is 0.263 e. The Labute approximate surface area is 133 Å². The number of aromatic nitrogens is 2. The lowest BCUT2D eigenvalue weighted by Crippen LogP contribution is -2.23. The number of halogens is 1. The van der Waals surface area contributed by atoms with Crippen LogP contribution in [0.4, 0.5) is 5.69 Å². The molecule has 1 aromatic carbocycles. The van der Waals surface area contributed by atoms with E-state index >= 15 is 0 Å². The number of carbonyl (C=O) groups is 1. The third kappa shape index (κ3) is 2.54. The standard InChI is InChI=1S/C14H13BrN4OS/c1-19-8(5-6-18-19)7-17-14(20)13-12(16)11-9(15)3-2-4-10(11)21-13/h2-6H,7,16H2,1H3,(H,17,20). The molecule has 2 heterocycles. The van der Waals surface area contributed by atoms with E-state index < -0.39 is 0 Å². The Morgan fingerprint density at radius 1 is 1.48 bits per heavy atom. The second-order valence-electron chi connectivity index (χ2n) is 4.59. The predicted octanol–water partition coefficient (Wildman–Crippen LogP) is 2.91. The van der Waals surface area contributed by atoms with Crippen molar-refractivity contribution in [3.8, 4) is 0 Å². The Morgan fingerprint density at radius 3 is 2.95 bits per heavy atom. The fourth-order valence-electron chi connectivity index (χ4n) is 2.12. The SMILES string of the molecule is Cn1nccc1CNC(=O)c1sc2cccc(Br)c2c1N. The molecule has 3 rings (SSSR count). The summed E-state index contributed by atoms with van der Waals surface area (Å²) in [6.45, 7) is 0.421. The Morgan fingerprint density at radius 2 is 2.29 bits per heavy atom. The minimum Gasteiger partial charge on any atom is -0.397 e. The summed E-state index contributed by atoms with van der Waals surface area (Å²) in [6, 6.07) is 7.67. The molecule has 7 heteroatoms. The van der Waals surface area contributed by atoms with Crippen molar-refractivity contribution in [2.45, 2.75) is 6.54 Å². The van der Waals surface area contributed by atoms with E-state index in [0.717, 1.165) is 20.3 Å². The van der Waals surface area contributed by atoms with Gasteiger partial charge in [0.15, 0.2) is 0 Å². The van der Waals surface area contributed by atoms with Gasteiger partial charge in [0.05, 0.1) is 17.9 Å². The first kappa shape index (κ1) is 14.1. The average Bonchev–Trinajstić information content (AvgIpc) is 3.01. The van der Waals surface area contributed by atoms with Crippen LogP contribution in [-0.2, 0) is 13.6 Å². The van der Waals surface area contributed by atoms with Gasteiger partial charge in [-0.15, -0.1) is 11.3 Å². The van der Waals surface area contributed by atoms with Crippen LogP contribution >= 0.6 is 27.3 Å². The topological polar surface area (TPSA) is 72.9 Å². The first-order valence-electron chi connectivity index (χ1n) is 6.29. The molecule has 0 bridgehead atoms. The van der Waals surface area contributed by atoms with Gasteiger partial charge in [-0.2, -0.15) is 5.10 Å². The minimum atomic E-state index is -0.165. The van der Waals surface area contributed by atoms with Gasteiger partial charge in [0.1, 0.15) is 4.88 Å². The molecule has 3 N–H and O–H groups in total. The summed E-state index contributed by atoms with van der Waals surface area (Å²) in [6.07, 6.45) is 1.70. The molecule has 1 amide bonds. The molecule has 5 nitrogen and oxygen atoms in total. The number of nitrogens with zero attached hydrogens (tertiary/aromatic N) is 2. The average molecular weight is 365 g/mol. The van der Waals surface area contributed by atoms with Gasteiger partial charge in [0.25, 0.3) is 5.91 Å². The molecular weight excluding hydrogens is 352 g/mol. The normalized spacial score (nSPS) is 11.0. The van der Waals surface area contributed by atoms with Crippen LogP contribution in [0.3, 0.4) is 0 Å². The van der Waals surface area contributed by atoms with E-state index in [1.165, 1.54) is 11.3 Å². The quantitative estimate of drug-likeness (QED) is 0.750. The summed E-state index contributed by atoms with van der Waals surface area (Å²) in [7, 11) is 1.84. The lowest BCUT2D eigenvalue weighted by Gasteiger charge is -2.05. The lowest BCUT2D eigenvalue weighted by atomic mass is 10.2. The van der Waals surface area contributed by atoms with Crippen molar-refractivity contribution in [3.05, 3.63) is 45.5 Å². The molecule has 21 heavy (non-hydrogen) atoms. The van der Waals surface area contributed by atoms with Crippen LogP contribution in [0, 0.1) is 0 Å². The molecule has 108 valence electrons. The second-order valence-corrected chi connectivity index (χ2v) is 6.49. The summed E-state index contributed by atoms with van der Waals surface area (Å²) < 4.78 is 3.62. The van der Waals surface area contributed by atoms with Crippen LogP contribution in [0.2, 0.25) is 0 Å².